The van der Waals surface area contributed by atoms with Gasteiger partial charge in [-0.25, -0.2) is 4.79 Å². The van der Waals surface area contributed by atoms with Crippen molar-refractivity contribution in [2.45, 2.75) is 25.9 Å². The van der Waals surface area contributed by atoms with Crippen molar-refractivity contribution in [3.63, 3.8) is 0 Å². The van der Waals surface area contributed by atoms with E-state index >= 15 is 0 Å². The molecule has 4 rings (SSSR count). The molecule has 1 aliphatic rings. The molecule has 0 spiro atoms. The molecule has 3 heterocycles. The first-order valence-electron chi connectivity index (χ1n) is 10.2. The van der Waals surface area contributed by atoms with Crippen molar-refractivity contribution in [2.75, 3.05) is 13.7 Å². The molecule has 7 heteroatoms. The maximum atomic E-state index is 12.2. The Labute approximate surface area is 187 Å². The van der Waals surface area contributed by atoms with Crippen LogP contribution in [0, 0.1) is 5.92 Å². The Balaban J connectivity index is 1.75. The first-order chi connectivity index (χ1) is 15.0. The van der Waals surface area contributed by atoms with Gasteiger partial charge in [-0.1, -0.05) is 38.1 Å². The number of methoxy groups -OCH3 is 1. The molecule has 2 unspecified atom stereocenters. The van der Waals surface area contributed by atoms with Gasteiger partial charge in [-0.05, 0) is 48.5 Å². The van der Waals surface area contributed by atoms with Crippen LogP contribution >= 0.6 is 12.2 Å². The van der Waals surface area contributed by atoms with Crippen molar-refractivity contribution in [1.82, 2.24) is 15.2 Å². The van der Waals surface area contributed by atoms with Crippen LogP contribution < -0.4 is 5.32 Å². The second kappa shape index (κ2) is 8.89. The maximum Gasteiger partial charge on any atom is 0.338 e. The zero-order valence-corrected chi connectivity index (χ0v) is 18.6. The van der Waals surface area contributed by atoms with E-state index in [0.29, 0.717) is 27.9 Å². The lowest BCUT2D eigenvalue weighted by atomic mass is 10.0. The first-order valence-corrected chi connectivity index (χ1v) is 10.7. The number of carbonyl (C=O) groups is 1. The molecule has 1 fully saturated rings. The standard InChI is InChI=1S/C24H25N3O3S/c1-15(2)14-27-22(21(26-24(27)31)18-10-6-7-13-25-18)20-12-11-19(30-20)16-8-4-5-9-17(16)23(28)29-3/h4-13,15,21-22H,14H2,1-3H3,(H,26,31). The summed E-state index contributed by atoms with van der Waals surface area (Å²) in [4.78, 5) is 18.9. The average molecular weight is 436 g/mol. The van der Waals surface area contributed by atoms with Gasteiger partial charge in [-0.2, -0.15) is 0 Å². The highest BCUT2D eigenvalue weighted by atomic mass is 32.1. The van der Waals surface area contributed by atoms with E-state index in [-0.39, 0.29) is 12.1 Å². The molecule has 1 saturated heterocycles. The SMILES string of the molecule is COC(=O)c1ccccc1-c1ccc(C2C(c3ccccn3)NC(=S)N2CC(C)C)o1. The van der Waals surface area contributed by atoms with Gasteiger partial charge in [0.15, 0.2) is 5.11 Å². The molecule has 0 bridgehead atoms. The van der Waals surface area contributed by atoms with Crippen LogP contribution in [-0.2, 0) is 4.74 Å². The number of carbonyl (C=O) groups excluding carboxylic acids is 1. The molecule has 1 aliphatic heterocycles. The highest BCUT2D eigenvalue weighted by Crippen LogP contribution is 2.41. The quantitative estimate of drug-likeness (QED) is 0.442. The average Bonchev–Trinajstić information content (AvgIpc) is 3.38. The number of pyridine rings is 1. The number of benzene rings is 1. The number of ether oxygens (including phenoxy) is 1. The largest absolute Gasteiger partial charge is 0.465 e. The lowest BCUT2D eigenvalue weighted by Gasteiger charge is -2.27. The van der Waals surface area contributed by atoms with E-state index in [4.69, 9.17) is 21.4 Å². The number of esters is 1. The van der Waals surface area contributed by atoms with Crippen LogP contribution in [0.5, 0.6) is 0 Å². The predicted molar refractivity (Wildman–Crippen MR) is 122 cm³/mol. The van der Waals surface area contributed by atoms with Crippen LogP contribution in [0.15, 0.2) is 65.2 Å². The number of hydrogen-bond acceptors (Lipinski definition) is 5. The fraction of sp³-hybridized carbons (Fsp3) is 0.292. The lowest BCUT2D eigenvalue weighted by Crippen LogP contribution is -2.32. The third-order valence-corrected chi connectivity index (χ3v) is 5.63. The number of nitrogens with zero attached hydrogens (tertiary/aromatic N) is 2. The van der Waals surface area contributed by atoms with Crippen molar-refractivity contribution in [3.05, 3.63) is 77.8 Å². The van der Waals surface area contributed by atoms with Crippen molar-refractivity contribution >= 4 is 23.3 Å². The van der Waals surface area contributed by atoms with Crippen LogP contribution in [0.4, 0.5) is 0 Å². The highest BCUT2D eigenvalue weighted by Gasteiger charge is 2.41. The van der Waals surface area contributed by atoms with E-state index in [1.54, 1.807) is 18.3 Å². The summed E-state index contributed by atoms with van der Waals surface area (Å²) in [5.41, 5.74) is 2.05. The van der Waals surface area contributed by atoms with Crippen LogP contribution in [-0.4, -0.2) is 34.6 Å². The Morgan fingerprint density at radius 3 is 2.68 bits per heavy atom. The number of rotatable bonds is 6. The normalized spacial score (nSPS) is 18.3. The van der Waals surface area contributed by atoms with Crippen molar-refractivity contribution in [1.29, 1.82) is 0 Å². The zero-order chi connectivity index (χ0) is 22.0. The minimum Gasteiger partial charge on any atom is -0.465 e. The van der Waals surface area contributed by atoms with E-state index in [1.165, 1.54) is 7.11 Å². The highest BCUT2D eigenvalue weighted by molar-refractivity contribution is 7.80. The van der Waals surface area contributed by atoms with Crippen LogP contribution in [0.2, 0.25) is 0 Å². The monoisotopic (exact) mass is 435 g/mol. The molecule has 2 atom stereocenters. The van der Waals surface area contributed by atoms with Gasteiger partial charge in [0.05, 0.1) is 24.4 Å². The van der Waals surface area contributed by atoms with Gasteiger partial charge in [0.25, 0.3) is 0 Å². The summed E-state index contributed by atoms with van der Waals surface area (Å²) in [6.07, 6.45) is 1.78. The molecule has 0 aliphatic carbocycles. The Morgan fingerprint density at radius 2 is 1.97 bits per heavy atom. The smallest absolute Gasteiger partial charge is 0.338 e. The summed E-state index contributed by atoms with van der Waals surface area (Å²) < 4.78 is 11.3. The van der Waals surface area contributed by atoms with E-state index in [0.717, 1.165) is 18.0 Å². The molecule has 160 valence electrons. The van der Waals surface area contributed by atoms with Crippen LogP contribution in [0.25, 0.3) is 11.3 Å². The van der Waals surface area contributed by atoms with Gasteiger partial charge in [0.1, 0.15) is 17.6 Å². The number of aromatic nitrogens is 1. The number of furan rings is 1. The molecule has 31 heavy (non-hydrogen) atoms. The predicted octanol–water partition coefficient (Wildman–Crippen LogP) is 4.76. The summed E-state index contributed by atoms with van der Waals surface area (Å²) in [6, 6.07) is 16.7. The van der Waals surface area contributed by atoms with E-state index in [9.17, 15) is 4.79 Å². The summed E-state index contributed by atoms with van der Waals surface area (Å²) in [5, 5.41) is 4.11. The third kappa shape index (κ3) is 4.18. The number of thiocarbonyl (C=S) groups is 1. The number of hydrogen-bond donors (Lipinski definition) is 1. The van der Waals surface area contributed by atoms with Gasteiger partial charge in [0.2, 0.25) is 0 Å². The molecule has 3 aromatic rings. The molecule has 1 aromatic carbocycles. The molecule has 0 saturated carbocycles. The second-order valence-corrected chi connectivity index (χ2v) is 8.30. The molecule has 2 aromatic heterocycles. The van der Waals surface area contributed by atoms with Crippen molar-refractivity contribution in [2.24, 2.45) is 5.92 Å². The molecular formula is C24H25N3O3S. The maximum absolute atomic E-state index is 12.2. The fourth-order valence-corrected chi connectivity index (χ4v) is 4.26. The topological polar surface area (TPSA) is 67.6 Å². The summed E-state index contributed by atoms with van der Waals surface area (Å²) in [7, 11) is 1.37. The van der Waals surface area contributed by atoms with Crippen molar-refractivity contribution in [3.8, 4) is 11.3 Å². The lowest BCUT2D eigenvalue weighted by molar-refractivity contribution is 0.0601. The van der Waals surface area contributed by atoms with Gasteiger partial charge < -0.3 is 19.4 Å². The van der Waals surface area contributed by atoms with E-state index < -0.39 is 5.97 Å². The van der Waals surface area contributed by atoms with E-state index in [2.05, 4.69) is 29.0 Å². The van der Waals surface area contributed by atoms with Gasteiger partial charge in [0, 0.05) is 18.3 Å². The second-order valence-electron chi connectivity index (χ2n) is 7.91. The van der Waals surface area contributed by atoms with Gasteiger partial charge in [-0.15, -0.1) is 0 Å². The van der Waals surface area contributed by atoms with Crippen LogP contribution in [0.3, 0.4) is 0 Å². The molecule has 0 radical (unpaired) electrons. The zero-order valence-electron chi connectivity index (χ0n) is 17.7. The molecule has 1 N–H and O–H groups in total. The minimum atomic E-state index is -0.398. The fourth-order valence-electron chi connectivity index (χ4n) is 3.95. The third-order valence-electron chi connectivity index (χ3n) is 5.28. The Morgan fingerprint density at radius 1 is 1.19 bits per heavy atom. The first kappa shape index (κ1) is 21.1. The Hall–Kier alpha value is -3.19. The Kier molecular flexibility index (Phi) is 6.04. The number of nitrogens with one attached hydrogen (secondary N) is 1. The van der Waals surface area contributed by atoms with Gasteiger partial charge in [-0.3, -0.25) is 4.98 Å². The molecular weight excluding hydrogens is 410 g/mol. The molecule has 6 nitrogen and oxygen atoms in total. The Bertz CT molecular complexity index is 1080. The summed E-state index contributed by atoms with van der Waals surface area (Å²) in [6.45, 7) is 5.11. The summed E-state index contributed by atoms with van der Waals surface area (Å²) >= 11 is 5.67. The minimum absolute atomic E-state index is 0.137. The molecule has 0 amide bonds. The van der Waals surface area contributed by atoms with Crippen LogP contribution in [0.1, 0.15) is 47.7 Å². The van der Waals surface area contributed by atoms with Gasteiger partial charge >= 0.3 is 5.97 Å². The van der Waals surface area contributed by atoms with Crippen molar-refractivity contribution < 1.29 is 13.9 Å². The van der Waals surface area contributed by atoms with E-state index in [1.807, 2.05) is 42.5 Å². The summed E-state index contributed by atoms with van der Waals surface area (Å²) in [5.74, 6) is 1.39.